The average Bonchev–Trinajstić information content (AvgIpc) is 3.14. The van der Waals surface area contributed by atoms with E-state index in [1.165, 1.54) is 12.8 Å². The number of anilines is 1. The minimum Gasteiger partial charge on any atom is -0.478 e. The van der Waals surface area contributed by atoms with Crippen molar-refractivity contribution in [2.75, 3.05) is 25.0 Å². The van der Waals surface area contributed by atoms with Crippen LogP contribution in [0, 0.1) is 12.3 Å². The molecule has 1 saturated carbocycles. The monoisotopic (exact) mass is 250 g/mol. The molecule has 1 heterocycles. The predicted octanol–water partition coefficient (Wildman–Crippen LogP) is 1.72. The van der Waals surface area contributed by atoms with Crippen LogP contribution < -0.4 is 15.8 Å². The molecule has 1 fully saturated rings. The molecule has 0 amide bonds. The Morgan fingerprint density at radius 1 is 1.44 bits per heavy atom. The third kappa shape index (κ3) is 3.32. The van der Waals surface area contributed by atoms with Crippen LogP contribution in [0.15, 0.2) is 6.07 Å². The lowest BCUT2D eigenvalue weighted by Crippen LogP contribution is -2.25. The Balaban J connectivity index is 1.96. The molecule has 3 N–H and O–H groups in total. The fourth-order valence-electron chi connectivity index (χ4n) is 1.80. The Morgan fingerprint density at radius 2 is 2.22 bits per heavy atom. The molecule has 0 bridgehead atoms. The quantitative estimate of drug-likeness (QED) is 0.771. The molecule has 0 spiro atoms. The van der Waals surface area contributed by atoms with Gasteiger partial charge in [0.1, 0.15) is 0 Å². The fraction of sp³-hybridized carbons (Fsp3) is 0.692. The van der Waals surface area contributed by atoms with E-state index in [4.69, 9.17) is 10.5 Å². The van der Waals surface area contributed by atoms with Crippen LogP contribution in [-0.4, -0.2) is 29.7 Å². The summed E-state index contributed by atoms with van der Waals surface area (Å²) < 4.78 is 5.53. The zero-order chi connectivity index (χ0) is 13.0. The summed E-state index contributed by atoms with van der Waals surface area (Å²) in [7, 11) is 0. The van der Waals surface area contributed by atoms with Crippen molar-refractivity contribution < 1.29 is 4.74 Å². The SMILES string of the molecule is CCCOc1cc(C)nc(NCC2(CN)CC2)n1. The Labute approximate surface area is 108 Å². The number of hydrogen-bond donors (Lipinski definition) is 2. The molecular weight excluding hydrogens is 228 g/mol. The van der Waals surface area contributed by atoms with E-state index >= 15 is 0 Å². The van der Waals surface area contributed by atoms with E-state index in [0.29, 0.717) is 18.4 Å². The van der Waals surface area contributed by atoms with E-state index in [1.54, 1.807) is 0 Å². The molecule has 1 aliphatic carbocycles. The smallest absolute Gasteiger partial charge is 0.226 e. The summed E-state index contributed by atoms with van der Waals surface area (Å²) in [6.45, 7) is 6.28. The van der Waals surface area contributed by atoms with Gasteiger partial charge in [0.15, 0.2) is 0 Å². The molecule has 1 aromatic heterocycles. The minimum absolute atomic E-state index is 0.275. The molecule has 1 aliphatic rings. The van der Waals surface area contributed by atoms with Crippen LogP contribution >= 0.6 is 0 Å². The van der Waals surface area contributed by atoms with Gasteiger partial charge in [0, 0.05) is 18.3 Å². The molecular formula is C13H22N4O. The highest BCUT2D eigenvalue weighted by atomic mass is 16.5. The lowest BCUT2D eigenvalue weighted by Gasteiger charge is -2.14. The van der Waals surface area contributed by atoms with Crippen molar-refractivity contribution in [2.45, 2.75) is 33.1 Å². The summed E-state index contributed by atoms with van der Waals surface area (Å²) >= 11 is 0. The van der Waals surface area contributed by atoms with Crippen LogP contribution in [0.25, 0.3) is 0 Å². The van der Waals surface area contributed by atoms with E-state index in [9.17, 15) is 0 Å². The molecule has 5 heteroatoms. The number of hydrogen-bond acceptors (Lipinski definition) is 5. The first-order chi connectivity index (χ1) is 8.67. The Bertz CT molecular complexity index is 404. The first-order valence-corrected chi connectivity index (χ1v) is 6.60. The van der Waals surface area contributed by atoms with Gasteiger partial charge in [-0.15, -0.1) is 0 Å². The molecule has 0 atom stereocenters. The number of rotatable bonds is 7. The van der Waals surface area contributed by atoms with Crippen LogP contribution in [0.5, 0.6) is 5.88 Å². The van der Waals surface area contributed by atoms with Crippen molar-refractivity contribution >= 4 is 5.95 Å². The summed E-state index contributed by atoms with van der Waals surface area (Å²) in [6, 6.07) is 1.86. The first-order valence-electron chi connectivity index (χ1n) is 6.60. The average molecular weight is 250 g/mol. The second-order valence-corrected chi connectivity index (χ2v) is 5.08. The summed E-state index contributed by atoms with van der Waals surface area (Å²) in [5.41, 5.74) is 6.94. The van der Waals surface area contributed by atoms with Crippen LogP contribution in [-0.2, 0) is 0 Å². The number of aryl methyl sites for hydroxylation is 1. The van der Waals surface area contributed by atoms with Gasteiger partial charge in [0.25, 0.3) is 0 Å². The minimum atomic E-state index is 0.275. The highest BCUT2D eigenvalue weighted by Crippen LogP contribution is 2.44. The maximum absolute atomic E-state index is 5.75. The standard InChI is InChI=1S/C13H22N4O/c1-3-6-18-11-7-10(2)16-12(17-11)15-9-13(8-14)4-5-13/h7H,3-6,8-9,14H2,1-2H3,(H,15,16,17). The van der Waals surface area contributed by atoms with Gasteiger partial charge in [0.2, 0.25) is 11.8 Å². The third-order valence-corrected chi connectivity index (χ3v) is 3.30. The van der Waals surface area contributed by atoms with Crippen molar-refractivity contribution in [3.63, 3.8) is 0 Å². The predicted molar refractivity (Wildman–Crippen MR) is 71.8 cm³/mol. The van der Waals surface area contributed by atoms with Crippen LogP contribution in [0.2, 0.25) is 0 Å². The maximum atomic E-state index is 5.75. The molecule has 0 aromatic carbocycles. The molecule has 100 valence electrons. The molecule has 1 aromatic rings. The van der Waals surface area contributed by atoms with Gasteiger partial charge in [-0.2, -0.15) is 4.98 Å². The van der Waals surface area contributed by atoms with Crippen LogP contribution in [0.4, 0.5) is 5.95 Å². The first kappa shape index (κ1) is 13.1. The zero-order valence-electron chi connectivity index (χ0n) is 11.2. The molecule has 0 aliphatic heterocycles. The maximum Gasteiger partial charge on any atom is 0.226 e. The summed E-state index contributed by atoms with van der Waals surface area (Å²) in [4.78, 5) is 8.72. The molecule has 0 saturated heterocycles. The molecule has 2 rings (SSSR count). The van der Waals surface area contributed by atoms with Crippen LogP contribution in [0.3, 0.4) is 0 Å². The Hall–Kier alpha value is -1.36. The lowest BCUT2D eigenvalue weighted by atomic mass is 10.1. The topological polar surface area (TPSA) is 73.1 Å². The molecule has 18 heavy (non-hydrogen) atoms. The Morgan fingerprint density at radius 3 is 2.83 bits per heavy atom. The Kier molecular flexibility index (Phi) is 4.01. The third-order valence-electron chi connectivity index (χ3n) is 3.30. The van der Waals surface area contributed by atoms with Gasteiger partial charge in [-0.1, -0.05) is 6.92 Å². The van der Waals surface area contributed by atoms with Crippen molar-refractivity contribution in [3.05, 3.63) is 11.8 Å². The van der Waals surface area contributed by atoms with E-state index in [0.717, 1.165) is 25.2 Å². The van der Waals surface area contributed by atoms with E-state index in [1.807, 2.05) is 13.0 Å². The highest BCUT2D eigenvalue weighted by Gasteiger charge is 2.40. The lowest BCUT2D eigenvalue weighted by molar-refractivity contribution is 0.305. The second-order valence-electron chi connectivity index (χ2n) is 5.08. The number of nitrogens with one attached hydrogen (secondary N) is 1. The normalized spacial score (nSPS) is 16.4. The zero-order valence-corrected chi connectivity index (χ0v) is 11.2. The molecule has 0 radical (unpaired) electrons. The molecule has 0 unspecified atom stereocenters. The van der Waals surface area contributed by atoms with Gasteiger partial charge in [-0.05, 0) is 38.1 Å². The van der Waals surface area contributed by atoms with E-state index in [-0.39, 0.29) is 5.41 Å². The van der Waals surface area contributed by atoms with Crippen molar-refractivity contribution in [2.24, 2.45) is 11.1 Å². The summed E-state index contributed by atoms with van der Waals surface area (Å²) in [6.07, 6.45) is 3.37. The number of nitrogens with two attached hydrogens (primary N) is 1. The van der Waals surface area contributed by atoms with Gasteiger partial charge in [-0.3, -0.25) is 0 Å². The molecule has 5 nitrogen and oxygen atoms in total. The largest absolute Gasteiger partial charge is 0.478 e. The number of aromatic nitrogens is 2. The van der Waals surface area contributed by atoms with Gasteiger partial charge in [0.05, 0.1) is 6.61 Å². The highest BCUT2D eigenvalue weighted by molar-refractivity contribution is 5.31. The van der Waals surface area contributed by atoms with Gasteiger partial charge < -0.3 is 15.8 Å². The van der Waals surface area contributed by atoms with Gasteiger partial charge >= 0.3 is 0 Å². The van der Waals surface area contributed by atoms with Crippen LogP contribution in [0.1, 0.15) is 31.9 Å². The fourth-order valence-corrected chi connectivity index (χ4v) is 1.80. The number of nitrogens with zero attached hydrogens (tertiary/aromatic N) is 2. The van der Waals surface area contributed by atoms with Crippen molar-refractivity contribution in [1.29, 1.82) is 0 Å². The summed E-state index contributed by atoms with van der Waals surface area (Å²) in [5, 5.41) is 3.27. The second kappa shape index (κ2) is 5.52. The number of ether oxygens (including phenoxy) is 1. The van der Waals surface area contributed by atoms with Crippen molar-refractivity contribution in [3.8, 4) is 5.88 Å². The van der Waals surface area contributed by atoms with Gasteiger partial charge in [-0.25, -0.2) is 4.98 Å². The van der Waals surface area contributed by atoms with E-state index in [2.05, 4.69) is 22.2 Å². The van der Waals surface area contributed by atoms with E-state index < -0.39 is 0 Å². The van der Waals surface area contributed by atoms with Crippen molar-refractivity contribution in [1.82, 2.24) is 9.97 Å². The summed E-state index contributed by atoms with van der Waals surface area (Å²) in [5.74, 6) is 1.28.